The second-order valence-corrected chi connectivity index (χ2v) is 6.64. The summed E-state index contributed by atoms with van der Waals surface area (Å²) in [5.74, 6) is 1.44. The molecular weight excluding hydrogens is 354 g/mol. The summed E-state index contributed by atoms with van der Waals surface area (Å²) in [5.41, 5.74) is 3.53. The third-order valence-corrected chi connectivity index (χ3v) is 4.62. The van der Waals surface area contributed by atoms with Crippen molar-refractivity contribution in [3.63, 3.8) is 0 Å². The smallest absolute Gasteiger partial charge is 0.257 e. The van der Waals surface area contributed by atoms with E-state index in [1.54, 1.807) is 29.9 Å². The van der Waals surface area contributed by atoms with E-state index in [1.807, 2.05) is 62.4 Å². The molecule has 3 aromatic rings. The monoisotopic (exact) mass is 379 g/mol. The molecule has 6 nitrogen and oxygen atoms in total. The Morgan fingerprint density at radius 1 is 1.04 bits per heavy atom. The molecule has 0 radical (unpaired) electrons. The van der Waals surface area contributed by atoms with Crippen molar-refractivity contribution in [2.24, 2.45) is 0 Å². The van der Waals surface area contributed by atoms with Crippen molar-refractivity contribution in [2.75, 3.05) is 27.3 Å². The fourth-order valence-corrected chi connectivity index (χ4v) is 2.85. The van der Waals surface area contributed by atoms with Gasteiger partial charge in [-0.2, -0.15) is 5.10 Å². The minimum absolute atomic E-state index is 0.0748. The van der Waals surface area contributed by atoms with Gasteiger partial charge >= 0.3 is 0 Å². The number of amides is 1. The highest BCUT2D eigenvalue weighted by molar-refractivity contribution is 5.95. The van der Waals surface area contributed by atoms with E-state index in [4.69, 9.17) is 9.47 Å². The topological polar surface area (TPSA) is 56.6 Å². The second kappa shape index (κ2) is 8.61. The minimum atomic E-state index is -0.0748. The maximum atomic E-state index is 12.8. The molecule has 2 aromatic carbocycles. The quantitative estimate of drug-likeness (QED) is 0.629. The van der Waals surface area contributed by atoms with E-state index >= 15 is 0 Å². The van der Waals surface area contributed by atoms with Crippen LogP contribution in [0.3, 0.4) is 0 Å². The standard InChI is InChI=1S/C22H25N3O3/c1-16-5-7-18(8-6-16)25-17(2)21(15-23-25)22(26)24(3)13-14-28-20-11-9-19(27-4)10-12-20/h5-12,15H,13-14H2,1-4H3. The van der Waals surface area contributed by atoms with Crippen LogP contribution in [0.4, 0.5) is 0 Å². The SMILES string of the molecule is COc1ccc(OCCN(C)C(=O)c2cnn(-c3ccc(C)cc3)c2C)cc1. The van der Waals surface area contributed by atoms with Gasteiger partial charge in [0.1, 0.15) is 18.1 Å². The van der Waals surface area contributed by atoms with Crippen LogP contribution in [0.5, 0.6) is 11.5 Å². The molecule has 0 unspecified atom stereocenters. The molecule has 28 heavy (non-hydrogen) atoms. The van der Waals surface area contributed by atoms with E-state index in [2.05, 4.69) is 5.10 Å². The van der Waals surface area contributed by atoms with Crippen LogP contribution in [0.1, 0.15) is 21.6 Å². The van der Waals surface area contributed by atoms with Crippen LogP contribution < -0.4 is 9.47 Å². The number of hydrogen-bond acceptors (Lipinski definition) is 4. The Kier molecular flexibility index (Phi) is 5.99. The summed E-state index contributed by atoms with van der Waals surface area (Å²) in [6.45, 7) is 4.82. The van der Waals surface area contributed by atoms with Crippen LogP contribution in [0.25, 0.3) is 5.69 Å². The lowest BCUT2D eigenvalue weighted by Gasteiger charge is -2.17. The van der Waals surface area contributed by atoms with Gasteiger partial charge in [0, 0.05) is 7.05 Å². The van der Waals surface area contributed by atoms with E-state index in [1.165, 1.54) is 5.56 Å². The first-order valence-electron chi connectivity index (χ1n) is 9.13. The molecule has 0 N–H and O–H groups in total. The molecule has 146 valence electrons. The Morgan fingerprint density at radius 2 is 1.68 bits per heavy atom. The van der Waals surface area contributed by atoms with Gasteiger partial charge in [0.05, 0.1) is 36.8 Å². The van der Waals surface area contributed by atoms with Crippen molar-refractivity contribution in [1.29, 1.82) is 0 Å². The zero-order chi connectivity index (χ0) is 20.1. The average Bonchev–Trinajstić information content (AvgIpc) is 3.09. The Balaban J connectivity index is 1.60. The molecule has 3 rings (SSSR count). The van der Waals surface area contributed by atoms with E-state index in [0.717, 1.165) is 22.9 Å². The molecule has 0 aliphatic rings. The van der Waals surface area contributed by atoms with E-state index < -0.39 is 0 Å². The molecule has 1 heterocycles. The molecule has 0 spiro atoms. The molecule has 0 aliphatic carbocycles. The lowest BCUT2D eigenvalue weighted by Crippen LogP contribution is -2.31. The third-order valence-electron chi connectivity index (χ3n) is 4.62. The number of carbonyl (C=O) groups is 1. The highest BCUT2D eigenvalue weighted by Gasteiger charge is 2.18. The number of nitrogens with zero attached hydrogens (tertiary/aromatic N) is 3. The van der Waals surface area contributed by atoms with Crippen LogP contribution in [0, 0.1) is 13.8 Å². The first kappa shape index (κ1) is 19.5. The van der Waals surface area contributed by atoms with Gasteiger partial charge in [-0.15, -0.1) is 0 Å². The number of likely N-dealkylation sites (N-methyl/N-ethyl adjacent to an activating group) is 1. The van der Waals surface area contributed by atoms with Crippen molar-refractivity contribution < 1.29 is 14.3 Å². The van der Waals surface area contributed by atoms with Crippen LogP contribution in [0.15, 0.2) is 54.7 Å². The Morgan fingerprint density at radius 3 is 2.32 bits per heavy atom. The summed E-state index contributed by atoms with van der Waals surface area (Å²) >= 11 is 0. The summed E-state index contributed by atoms with van der Waals surface area (Å²) in [4.78, 5) is 14.4. The number of ether oxygens (including phenoxy) is 2. The summed E-state index contributed by atoms with van der Waals surface area (Å²) < 4.78 is 12.6. The minimum Gasteiger partial charge on any atom is -0.497 e. The van der Waals surface area contributed by atoms with Crippen molar-refractivity contribution >= 4 is 5.91 Å². The molecule has 0 fully saturated rings. The molecule has 0 aliphatic heterocycles. The molecule has 0 saturated carbocycles. The highest BCUT2D eigenvalue weighted by Crippen LogP contribution is 2.18. The van der Waals surface area contributed by atoms with Gasteiger partial charge in [-0.3, -0.25) is 4.79 Å². The zero-order valence-electron chi connectivity index (χ0n) is 16.7. The van der Waals surface area contributed by atoms with Crippen molar-refractivity contribution in [1.82, 2.24) is 14.7 Å². The van der Waals surface area contributed by atoms with E-state index in [-0.39, 0.29) is 5.91 Å². The molecule has 0 atom stereocenters. The molecule has 1 amide bonds. The lowest BCUT2D eigenvalue weighted by molar-refractivity contribution is 0.0773. The van der Waals surface area contributed by atoms with Crippen LogP contribution in [-0.2, 0) is 0 Å². The van der Waals surface area contributed by atoms with Crippen LogP contribution in [0.2, 0.25) is 0 Å². The predicted octanol–water partition coefficient (Wildman–Crippen LogP) is 3.65. The number of aromatic nitrogens is 2. The molecule has 0 saturated heterocycles. The molecule has 0 bridgehead atoms. The van der Waals surface area contributed by atoms with Gasteiger partial charge in [0.15, 0.2) is 0 Å². The number of benzene rings is 2. The number of aryl methyl sites for hydroxylation is 1. The number of hydrogen-bond donors (Lipinski definition) is 0. The molecule has 6 heteroatoms. The maximum Gasteiger partial charge on any atom is 0.257 e. The maximum absolute atomic E-state index is 12.8. The zero-order valence-corrected chi connectivity index (χ0v) is 16.7. The molecular formula is C22H25N3O3. The van der Waals surface area contributed by atoms with Crippen molar-refractivity contribution in [2.45, 2.75) is 13.8 Å². The van der Waals surface area contributed by atoms with Gasteiger partial charge in [-0.05, 0) is 50.2 Å². The number of rotatable bonds is 7. The lowest BCUT2D eigenvalue weighted by atomic mass is 10.2. The van der Waals surface area contributed by atoms with Crippen LogP contribution in [-0.4, -0.2) is 47.9 Å². The summed E-state index contributed by atoms with van der Waals surface area (Å²) in [7, 11) is 3.39. The second-order valence-electron chi connectivity index (χ2n) is 6.64. The van der Waals surface area contributed by atoms with E-state index in [9.17, 15) is 4.79 Å². The van der Waals surface area contributed by atoms with Gasteiger partial charge in [0.25, 0.3) is 5.91 Å². The third kappa shape index (κ3) is 4.34. The summed E-state index contributed by atoms with van der Waals surface area (Å²) in [6, 6.07) is 15.4. The largest absolute Gasteiger partial charge is 0.497 e. The Bertz CT molecular complexity index is 931. The average molecular weight is 379 g/mol. The first-order valence-corrected chi connectivity index (χ1v) is 9.13. The summed E-state index contributed by atoms with van der Waals surface area (Å²) in [5, 5.41) is 4.39. The summed E-state index contributed by atoms with van der Waals surface area (Å²) in [6.07, 6.45) is 1.62. The van der Waals surface area contributed by atoms with Gasteiger partial charge < -0.3 is 14.4 Å². The van der Waals surface area contributed by atoms with Gasteiger partial charge in [-0.25, -0.2) is 4.68 Å². The Labute approximate surface area is 165 Å². The highest BCUT2D eigenvalue weighted by atomic mass is 16.5. The fourth-order valence-electron chi connectivity index (χ4n) is 2.85. The van der Waals surface area contributed by atoms with Crippen LogP contribution >= 0.6 is 0 Å². The number of methoxy groups -OCH3 is 1. The first-order chi connectivity index (χ1) is 13.5. The normalized spacial score (nSPS) is 10.6. The van der Waals surface area contributed by atoms with Gasteiger partial charge in [-0.1, -0.05) is 17.7 Å². The predicted molar refractivity (Wildman–Crippen MR) is 108 cm³/mol. The number of carbonyl (C=O) groups excluding carboxylic acids is 1. The van der Waals surface area contributed by atoms with Crippen molar-refractivity contribution in [3.05, 3.63) is 71.5 Å². The van der Waals surface area contributed by atoms with Gasteiger partial charge in [0.2, 0.25) is 0 Å². The van der Waals surface area contributed by atoms with E-state index in [0.29, 0.717) is 18.7 Å². The fraction of sp³-hybridized carbons (Fsp3) is 0.273. The van der Waals surface area contributed by atoms with Crippen molar-refractivity contribution in [3.8, 4) is 17.2 Å². The Hall–Kier alpha value is -3.28. The molecule has 1 aromatic heterocycles.